The van der Waals surface area contributed by atoms with Crippen molar-refractivity contribution >= 4 is 23.5 Å². The molecule has 4 atom stereocenters. The van der Waals surface area contributed by atoms with E-state index in [0.717, 1.165) is 44.9 Å². The van der Waals surface area contributed by atoms with Gasteiger partial charge in [0.1, 0.15) is 0 Å². The van der Waals surface area contributed by atoms with Gasteiger partial charge in [-0.05, 0) is 50.9 Å². The van der Waals surface area contributed by atoms with Gasteiger partial charge >= 0.3 is 5.97 Å². The average Bonchev–Trinajstić information content (AvgIpc) is 3.42. The van der Waals surface area contributed by atoms with Gasteiger partial charge in [-0.2, -0.15) is 5.10 Å². The number of carboxylic acid groups (broad SMARTS) is 1. The summed E-state index contributed by atoms with van der Waals surface area (Å²) < 4.78 is 1.63. The molecule has 3 saturated carbocycles. The third kappa shape index (κ3) is 3.89. The Labute approximate surface area is 170 Å². The molecule has 2 bridgehead atoms. The van der Waals surface area contributed by atoms with Crippen LogP contribution in [0, 0.1) is 23.7 Å². The van der Waals surface area contributed by atoms with Gasteiger partial charge in [-0.3, -0.25) is 19.1 Å². The molecule has 3 N–H and O–H groups in total. The zero-order valence-electron chi connectivity index (χ0n) is 16.9. The first kappa shape index (κ1) is 19.9. The number of carbonyl (C=O) groups excluding carboxylic acids is 2. The number of hydrogen-bond acceptors (Lipinski definition) is 4. The molecule has 29 heavy (non-hydrogen) atoms. The number of carboxylic acids is 1. The van der Waals surface area contributed by atoms with E-state index in [1.807, 2.05) is 6.92 Å². The first-order valence-electron chi connectivity index (χ1n) is 10.9. The van der Waals surface area contributed by atoms with Gasteiger partial charge in [0.2, 0.25) is 5.91 Å². The fourth-order valence-electron chi connectivity index (χ4n) is 5.58. The smallest absolute Gasteiger partial charge is 0.307 e. The zero-order valence-corrected chi connectivity index (χ0v) is 16.9. The molecule has 3 aliphatic carbocycles. The van der Waals surface area contributed by atoms with Gasteiger partial charge in [-0.25, -0.2) is 0 Å². The second-order valence-corrected chi connectivity index (χ2v) is 8.77. The molecule has 0 aromatic carbocycles. The number of fused-ring (bicyclic) bond motifs is 2. The number of nitrogens with zero attached hydrogens (tertiary/aromatic N) is 2. The zero-order chi connectivity index (χ0) is 20.5. The van der Waals surface area contributed by atoms with E-state index >= 15 is 0 Å². The molecular weight excluding hydrogens is 372 g/mol. The van der Waals surface area contributed by atoms with Crippen LogP contribution in [0.2, 0.25) is 0 Å². The van der Waals surface area contributed by atoms with Gasteiger partial charge in [0.15, 0.2) is 5.69 Å². The largest absolute Gasteiger partial charge is 0.481 e. The number of nitrogens with one attached hydrogen (secondary N) is 2. The first-order valence-corrected chi connectivity index (χ1v) is 10.9. The molecule has 0 radical (unpaired) electrons. The van der Waals surface area contributed by atoms with Gasteiger partial charge in [-0.1, -0.05) is 19.3 Å². The molecule has 4 unspecified atom stereocenters. The van der Waals surface area contributed by atoms with Crippen LogP contribution in [0.4, 0.5) is 5.69 Å². The summed E-state index contributed by atoms with van der Waals surface area (Å²) in [7, 11) is 0. The van der Waals surface area contributed by atoms with E-state index in [1.165, 1.54) is 6.42 Å². The molecule has 0 saturated heterocycles. The van der Waals surface area contributed by atoms with Gasteiger partial charge in [0, 0.05) is 18.8 Å². The maximum absolute atomic E-state index is 13.0. The highest BCUT2D eigenvalue weighted by Gasteiger charge is 2.54. The molecule has 3 fully saturated rings. The maximum Gasteiger partial charge on any atom is 0.307 e. The molecular formula is C21H30N4O4. The van der Waals surface area contributed by atoms with Crippen molar-refractivity contribution < 1.29 is 19.5 Å². The van der Waals surface area contributed by atoms with E-state index in [0.29, 0.717) is 12.2 Å². The summed E-state index contributed by atoms with van der Waals surface area (Å²) in [4.78, 5) is 37.6. The number of anilines is 1. The lowest BCUT2D eigenvalue weighted by atomic mass is 9.78. The van der Waals surface area contributed by atoms with Gasteiger partial charge in [0.05, 0.1) is 17.5 Å². The molecule has 1 heterocycles. The second-order valence-electron chi connectivity index (χ2n) is 8.77. The van der Waals surface area contributed by atoms with Crippen LogP contribution in [0.3, 0.4) is 0 Å². The summed E-state index contributed by atoms with van der Waals surface area (Å²) >= 11 is 0. The molecule has 0 aliphatic heterocycles. The minimum absolute atomic E-state index is 0.0840. The van der Waals surface area contributed by atoms with Gasteiger partial charge in [0.25, 0.3) is 5.91 Å². The Hall–Kier alpha value is -2.38. The third-order valence-electron chi connectivity index (χ3n) is 7.00. The highest BCUT2D eigenvalue weighted by Crippen LogP contribution is 2.52. The average molecular weight is 402 g/mol. The van der Waals surface area contributed by atoms with Gasteiger partial charge in [-0.15, -0.1) is 0 Å². The quantitative estimate of drug-likeness (QED) is 0.677. The molecule has 0 spiro atoms. The number of aliphatic carboxylic acids is 1. The Morgan fingerprint density at radius 2 is 1.79 bits per heavy atom. The Morgan fingerprint density at radius 3 is 2.45 bits per heavy atom. The van der Waals surface area contributed by atoms with E-state index in [1.54, 1.807) is 10.9 Å². The molecule has 1 aromatic heterocycles. The van der Waals surface area contributed by atoms with Crippen LogP contribution in [0.5, 0.6) is 0 Å². The predicted molar refractivity (Wildman–Crippen MR) is 106 cm³/mol. The minimum Gasteiger partial charge on any atom is -0.481 e. The molecule has 158 valence electrons. The maximum atomic E-state index is 13.0. The van der Waals surface area contributed by atoms with Crippen molar-refractivity contribution in [3.05, 3.63) is 11.9 Å². The van der Waals surface area contributed by atoms with Crippen molar-refractivity contribution in [3.8, 4) is 0 Å². The summed E-state index contributed by atoms with van der Waals surface area (Å²) in [5.41, 5.74) is 0.581. The van der Waals surface area contributed by atoms with E-state index in [-0.39, 0.29) is 35.4 Å². The third-order valence-corrected chi connectivity index (χ3v) is 7.00. The Bertz CT molecular complexity index is 799. The number of aromatic nitrogens is 2. The lowest BCUT2D eigenvalue weighted by Crippen LogP contribution is -2.39. The SMILES string of the molecule is CCn1cc(NC(=O)C2C3CCC(C3)C2C(=O)O)c(C(=O)NC2CCCCC2)n1. The fourth-order valence-corrected chi connectivity index (χ4v) is 5.58. The van der Waals surface area contributed by atoms with Crippen LogP contribution in [0.25, 0.3) is 0 Å². The molecule has 1 aromatic rings. The lowest BCUT2D eigenvalue weighted by Gasteiger charge is -2.27. The molecule has 3 aliphatic rings. The molecule has 2 amide bonds. The number of amides is 2. The van der Waals surface area contributed by atoms with Crippen LogP contribution in [-0.2, 0) is 16.1 Å². The summed E-state index contributed by atoms with van der Waals surface area (Å²) in [6.07, 6.45) is 9.60. The van der Waals surface area contributed by atoms with Crippen LogP contribution in [-0.4, -0.2) is 38.7 Å². The van der Waals surface area contributed by atoms with Crippen LogP contribution in [0.1, 0.15) is 68.8 Å². The minimum atomic E-state index is -0.892. The summed E-state index contributed by atoms with van der Waals surface area (Å²) in [6.45, 7) is 2.49. The number of aryl methyl sites for hydroxylation is 1. The lowest BCUT2D eigenvalue weighted by molar-refractivity contribution is -0.148. The Morgan fingerprint density at radius 1 is 1.10 bits per heavy atom. The normalized spacial score (nSPS) is 29.0. The summed E-state index contributed by atoms with van der Waals surface area (Å²) in [5.74, 6) is -2.44. The first-order chi connectivity index (χ1) is 14.0. The van der Waals surface area contributed by atoms with Crippen molar-refractivity contribution in [1.29, 1.82) is 0 Å². The van der Waals surface area contributed by atoms with Crippen LogP contribution >= 0.6 is 0 Å². The van der Waals surface area contributed by atoms with Crippen molar-refractivity contribution in [2.24, 2.45) is 23.7 Å². The van der Waals surface area contributed by atoms with E-state index < -0.39 is 17.8 Å². The number of rotatable bonds is 6. The van der Waals surface area contributed by atoms with Crippen molar-refractivity contribution in [2.45, 2.75) is 70.9 Å². The molecule has 4 rings (SSSR count). The van der Waals surface area contributed by atoms with Gasteiger partial charge < -0.3 is 15.7 Å². The monoisotopic (exact) mass is 402 g/mol. The topological polar surface area (TPSA) is 113 Å². The summed E-state index contributed by atoms with van der Waals surface area (Å²) in [5, 5.41) is 19.9. The van der Waals surface area contributed by atoms with E-state index in [2.05, 4.69) is 15.7 Å². The molecule has 8 nitrogen and oxygen atoms in total. The Balaban J connectivity index is 1.50. The fraction of sp³-hybridized carbons (Fsp3) is 0.714. The number of carbonyl (C=O) groups is 3. The van der Waals surface area contributed by atoms with Crippen molar-refractivity contribution in [3.63, 3.8) is 0 Å². The number of hydrogen-bond donors (Lipinski definition) is 3. The van der Waals surface area contributed by atoms with Crippen LogP contribution in [0.15, 0.2) is 6.20 Å². The molecule has 8 heteroatoms. The summed E-state index contributed by atoms with van der Waals surface area (Å²) in [6, 6.07) is 0.147. The van der Waals surface area contributed by atoms with E-state index in [9.17, 15) is 19.5 Å². The van der Waals surface area contributed by atoms with Crippen LogP contribution < -0.4 is 10.6 Å². The standard InChI is InChI=1S/C21H30N4O4/c1-2-25-11-15(18(24-25)20(27)22-14-6-4-3-5-7-14)23-19(26)16-12-8-9-13(10-12)17(16)21(28)29/h11-14,16-17H,2-10H2,1H3,(H,22,27)(H,23,26)(H,28,29). The predicted octanol–water partition coefficient (Wildman–Crippen LogP) is 2.65. The van der Waals surface area contributed by atoms with E-state index in [4.69, 9.17) is 0 Å². The second kappa shape index (κ2) is 8.16. The highest BCUT2D eigenvalue weighted by atomic mass is 16.4. The highest BCUT2D eigenvalue weighted by molar-refractivity contribution is 6.03. The van der Waals surface area contributed by atoms with Crippen molar-refractivity contribution in [1.82, 2.24) is 15.1 Å². The van der Waals surface area contributed by atoms with Crippen molar-refractivity contribution in [2.75, 3.05) is 5.32 Å². The Kier molecular flexibility index (Phi) is 5.61.